The third kappa shape index (κ3) is 5.48. The number of carbonyl (C=O) groups excluding carboxylic acids is 2. The maximum Gasteiger partial charge on any atom is 0.272 e. The van der Waals surface area contributed by atoms with Crippen LogP contribution in [0.5, 0.6) is 0 Å². The number of ketones is 1. The number of benzene rings is 2. The molecule has 0 aliphatic carbocycles. The number of hydrogen-bond donors (Lipinski definition) is 2. The summed E-state index contributed by atoms with van der Waals surface area (Å²) in [6, 6.07) is 13.5. The van der Waals surface area contributed by atoms with E-state index in [-0.39, 0.29) is 36.8 Å². The molecule has 2 heterocycles. The summed E-state index contributed by atoms with van der Waals surface area (Å²) in [6.45, 7) is 1.78. The van der Waals surface area contributed by atoms with E-state index in [0.717, 1.165) is 12.5 Å². The van der Waals surface area contributed by atoms with E-state index in [1.807, 2.05) is 12.1 Å². The molecule has 1 amide bonds. The molecule has 0 radical (unpaired) electrons. The molecular weight excluding hydrogens is 460 g/mol. The van der Waals surface area contributed by atoms with E-state index in [1.54, 1.807) is 35.8 Å². The molecule has 6 nitrogen and oxygen atoms in total. The van der Waals surface area contributed by atoms with Crippen molar-refractivity contribution in [3.8, 4) is 0 Å². The summed E-state index contributed by atoms with van der Waals surface area (Å²) < 4.78 is 33.2. The van der Waals surface area contributed by atoms with Gasteiger partial charge in [0.05, 0.1) is 22.4 Å². The van der Waals surface area contributed by atoms with Gasteiger partial charge in [0.25, 0.3) is 5.92 Å². The first-order chi connectivity index (χ1) is 16.3. The van der Waals surface area contributed by atoms with Gasteiger partial charge in [-0.2, -0.15) is 0 Å². The van der Waals surface area contributed by atoms with Gasteiger partial charge in [-0.1, -0.05) is 30.3 Å². The molecule has 9 heteroatoms. The van der Waals surface area contributed by atoms with E-state index in [4.69, 9.17) is 4.74 Å². The highest BCUT2D eigenvalue weighted by Crippen LogP contribution is 2.35. The summed E-state index contributed by atoms with van der Waals surface area (Å²) >= 11 is 1.26. The first-order valence-corrected chi connectivity index (χ1v) is 11.8. The monoisotopic (exact) mass is 485 g/mol. The van der Waals surface area contributed by atoms with Crippen molar-refractivity contribution < 1.29 is 23.1 Å². The molecule has 0 saturated carbocycles. The third-order valence-corrected chi connectivity index (χ3v) is 6.69. The topological polar surface area (TPSA) is 80.3 Å². The van der Waals surface area contributed by atoms with Gasteiger partial charge in [0.2, 0.25) is 5.91 Å². The van der Waals surface area contributed by atoms with Crippen LogP contribution in [-0.2, 0) is 22.0 Å². The molecule has 4 rings (SSSR count). The Morgan fingerprint density at radius 1 is 1.18 bits per heavy atom. The van der Waals surface area contributed by atoms with Crippen molar-refractivity contribution in [3.63, 3.8) is 0 Å². The summed E-state index contributed by atoms with van der Waals surface area (Å²) in [5.74, 6) is -3.30. The van der Waals surface area contributed by atoms with Crippen LogP contribution in [-0.4, -0.2) is 29.9 Å². The molecular formula is C25H25F2N3O3S. The molecule has 0 unspecified atom stereocenters. The summed E-state index contributed by atoms with van der Waals surface area (Å²) in [4.78, 5) is 30.1. The van der Waals surface area contributed by atoms with Crippen molar-refractivity contribution in [2.24, 2.45) is 5.41 Å². The van der Waals surface area contributed by atoms with E-state index >= 15 is 0 Å². The first kappa shape index (κ1) is 24.0. The molecule has 1 saturated heterocycles. The van der Waals surface area contributed by atoms with Gasteiger partial charge in [-0.3, -0.25) is 14.6 Å². The van der Waals surface area contributed by atoms with Gasteiger partial charge in [-0.05, 0) is 30.2 Å². The number of aromatic nitrogens is 1. The Hall–Kier alpha value is -3.17. The number of amides is 1. The van der Waals surface area contributed by atoms with Crippen LogP contribution in [0.25, 0.3) is 0 Å². The zero-order valence-electron chi connectivity index (χ0n) is 18.6. The zero-order valence-corrected chi connectivity index (χ0v) is 19.5. The Morgan fingerprint density at radius 3 is 2.59 bits per heavy atom. The first-order valence-electron chi connectivity index (χ1n) is 10.9. The van der Waals surface area contributed by atoms with Crippen LogP contribution < -0.4 is 10.6 Å². The molecule has 1 atom stereocenters. The number of carbonyl (C=O) groups is 2. The summed E-state index contributed by atoms with van der Waals surface area (Å²) in [5, 5.41) is 5.96. The van der Waals surface area contributed by atoms with Crippen LogP contribution in [0.15, 0.2) is 60.2 Å². The molecule has 1 aromatic heterocycles. The number of ether oxygens (including phenoxy) is 1. The fraction of sp³-hybridized carbons (Fsp3) is 0.320. The molecule has 2 aromatic carbocycles. The van der Waals surface area contributed by atoms with Gasteiger partial charge < -0.3 is 15.4 Å². The number of thiazole rings is 1. The Balaban J connectivity index is 1.38. The van der Waals surface area contributed by atoms with Crippen LogP contribution in [0.2, 0.25) is 0 Å². The predicted molar refractivity (Wildman–Crippen MR) is 127 cm³/mol. The van der Waals surface area contributed by atoms with Gasteiger partial charge in [-0.25, -0.2) is 8.78 Å². The highest BCUT2D eigenvalue weighted by molar-refractivity contribution is 7.11. The van der Waals surface area contributed by atoms with Gasteiger partial charge in [0.15, 0.2) is 5.78 Å². The summed E-state index contributed by atoms with van der Waals surface area (Å²) in [7, 11) is 0. The van der Waals surface area contributed by atoms with E-state index in [1.165, 1.54) is 23.6 Å². The standard InChI is InChI=1S/C25H25F2N3O3S/c1-24(26,27)19-4-2-3-5-20(19)30-18-8-6-17(7-9-18)13-29-23(32)25(10-11-33-15-25)12-21(31)22-14-28-16-34-22/h2-9,14,16,30H,10-13,15H2,1H3,(H,29,32)/t25-/m0/s1. The van der Waals surface area contributed by atoms with Gasteiger partial charge in [-0.15, -0.1) is 11.3 Å². The molecule has 1 aliphatic heterocycles. The lowest BCUT2D eigenvalue weighted by Crippen LogP contribution is -2.42. The van der Waals surface area contributed by atoms with E-state index in [0.29, 0.717) is 29.3 Å². The maximum atomic E-state index is 13.9. The van der Waals surface area contributed by atoms with E-state index < -0.39 is 11.3 Å². The molecule has 0 bridgehead atoms. The summed E-state index contributed by atoms with van der Waals surface area (Å²) in [5.41, 5.74) is 2.46. The number of anilines is 2. The smallest absolute Gasteiger partial charge is 0.272 e. The third-order valence-electron chi connectivity index (χ3n) is 5.88. The predicted octanol–water partition coefficient (Wildman–Crippen LogP) is 5.29. The van der Waals surface area contributed by atoms with Crippen LogP contribution in [0.3, 0.4) is 0 Å². The second kappa shape index (κ2) is 9.99. The summed E-state index contributed by atoms with van der Waals surface area (Å²) in [6.07, 6.45) is 2.07. The number of alkyl halides is 2. The minimum absolute atomic E-state index is 0.0748. The van der Waals surface area contributed by atoms with Crippen molar-refractivity contribution in [3.05, 3.63) is 76.2 Å². The highest BCUT2D eigenvalue weighted by Gasteiger charge is 2.44. The zero-order chi connectivity index (χ0) is 24.2. The molecule has 2 N–H and O–H groups in total. The van der Waals surface area contributed by atoms with Gasteiger partial charge in [0, 0.05) is 49.6 Å². The number of nitrogens with one attached hydrogen (secondary N) is 2. The van der Waals surface area contributed by atoms with Crippen molar-refractivity contribution in [1.82, 2.24) is 10.3 Å². The Morgan fingerprint density at radius 2 is 1.94 bits per heavy atom. The average Bonchev–Trinajstić information content (AvgIpc) is 3.51. The molecule has 0 spiro atoms. The molecule has 34 heavy (non-hydrogen) atoms. The lowest BCUT2D eigenvalue weighted by molar-refractivity contribution is -0.131. The normalized spacial score (nSPS) is 18.0. The molecule has 1 aliphatic rings. The van der Waals surface area contributed by atoms with Crippen molar-refractivity contribution in [2.45, 2.75) is 32.2 Å². The Labute approximate surface area is 200 Å². The van der Waals surface area contributed by atoms with E-state index in [2.05, 4.69) is 15.6 Å². The van der Waals surface area contributed by atoms with Crippen LogP contribution in [0, 0.1) is 5.41 Å². The lowest BCUT2D eigenvalue weighted by Gasteiger charge is -2.25. The van der Waals surface area contributed by atoms with Crippen molar-refractivity contribution in [2.75, 3.05) is 18.5 Å². The number of nitrogens with zero attached hydrogens (tertiary/aromatic N) is 1. The van der Waals surface area contributed by atoms with Crippen LogP contribution in [0.1, 0.15) is 40.6 Å². The van der Waals surface area contributed by atoms with Crippen molar-refractivity contribution >= 4 is 34.4 Å². The number of para-hydroxylation sites is 1. The fourth-order valence-corrected chi connectivity index (χ4v) is 4.52. The van der Waals surface area contributed by atoms with Gasteiger partial charge >= 0.3 is 0 Å². The maximum absolute atomic E-state index is 13.9. The largest absolute Gasteiger partial charge is 0.380 e. The SMILES string of the molecule is CC(F)(F)c1ccccc1Nc1ccc(CNC(=O)[C@]2(CC(=O)c3cncs3)CCOC2)cc1. The fourth-order valence-electron chi connectivity index (χ4n) is 3.96. The minimum atomic E-state index is -2.96. The average molecular weight is 486 g/mol. The minimum Gasteiger partial charge on any atom is -0.380 e. The highest BCUT2D eigenvalue weighted by atomic mass is 32.1. The van der Waals surface area contributed by atoms with E-state index in [9.17, 15) is 18.4 Å². The van der Waals surface area contributed by atoms with Gasteiger partial charge in [0.1, 0.15) is 0 Å². The number of Topliss-reactive ketones (excluding diaryl/α,β-unsaturated/α-hetero) is 1. The molecule has 1 fully saturated rings. The second-order valence-corrected chi connectivity index (χ2v) is 9.37. The number of hydrogen-bond acceptors (Lipinski definition) is 6. The second-order valence-electron chi connectivity index (χ2n) is 8.49. The number of rotatable bonds is 9. The van der Waals surface area contributed by atoms with Crippen LogP contribution >= 0.6 is 11.3 Å². The molecule has 3 aromatic rings. The Kier molecular flexibility index (Phi) is 7.04. The lowest BCUT2D eigenvalue weighted by atomic mass is 9.81. The van der Waals surface area contributed by atoms with Crippen LogP contribution in [0.4, 0.5) is 20.2 Å². The van der Waals surface area contributed by atoms with Crippen molar-refractivity contribution in [1.29, 1.82) is 0 Å². The molecule has 178 valence electrons. The quantitative estimate of drug-likeness (QED) is 0.403. The number of halogens is 2. The Bertz CT molecular complexity index is 1140.